The molecule has 0 fully saturated rings. The zero-order chi connectivity index (χ0) is 9.30. The quantitative estimate of drug-likeness (QED) is 0.533. The number of alkyl halides is 1. The Kier molecular flexibility index (Phi) is 2.54. The number of hydrogen-bond donors (Lipinski definition) is 0. The summed E-state index contributed by atoms with van der Waals surface area (Å²) in [6, 6.07) is 0.0619. The molecule has 0 unspecified atom stereocenters. The number of halogens is 1. The molecule has 0 N–H and O–H groups in total. The largest absolute Gasteiger partial charge is 0.350 e. The van der Waals surface area contributed by atoms with Gasteiger partial charge in [0.05, 0.1) is 0 Å². The summed E-state index contributed by atoms with van der Waals surface area (Å²) in [5.74, 6) is 0. The highest BCUT2D eigenvalue weighted by Gasteiger charge is 2.05. The summed E-state index contributed by atoms with van der Waals surface area (Å²) >= 11 is 10.5. The van der Waals surface area contributed by atoms with Crippen LogP contribution < -0.4 is 5.69 Å². The summed E-state index contributed by atoms with van der Waals surface area (Å²) in [6.45, 7) is 3.48. The lowest BCUT2D eigenvalue weighted by Gasteiger charge is -1.94. The normalized spacial score (nSPS) is 10.2. The molecule has 1 aromatic rings. The summed E-state index contributed by atoms with van der Waals surface area (Å²) in [5, 5.41) is 0. The van der Waals surface area contributed by atoms with E-state index in [1.165, 1.54) is 20.1 Å². The number of hydrogen-bond acceptors (Lipinski definition) is 2. The SMILES string of the molecule is C=Cn1c(=O)n(CCl)c(=S)n1C. The van der Waals surface area contributed by atoms with Crippen molar-refractivity contribution in [2.24, 2.45) is 7.05 Å². The van der Waals surface area contributed by atoms with Crippen molar-refractivity contribution >= 4 is 30.0 Å². The zero-order valence-corrected chi connectivity index (χ0v) is 8.10. The Labute approximate surface area is 79.3 Å². The third-order valence-electron chi connectivity index (χ3n) is 1.55. The molecule has 1 heterocycles. The lowest BCUT2D eigenvalue weighted by molar-refractivity contribution is 0.666. The zero-order valence-electron chi connectivity index (χ0n) is 6.53. The van der Waals surface area contributed by atoms with Crippen molar-refractivity contribution in [2.75, 3.05) is 0 Å². The van der Waals surface area contributed by atoms with Gasteiger partial charge in [0.15, 0.2) is 4.77 Å². The van der Waals surface area contributed by atoms with Gasteiger partial charge in [-0.1, -0.05) is 6.58 Å². The monoisotopic (exact) mass is 205 g/mol. The van der Waals surface area contributed by atoms with Crippen LogP contribution in [-0.4, -0.2) is 13.9 Å². The van der Waals surface area contributed by atoms with Crippen molar-refractivity contribution in [3.8, 4) is 0 Å². The Bertz CT molecular complexity index is 413. The van der Waals surface area contributed by atoms with Gasteiger partial charge < -0.3 is 0 Å². The first kappa shape index (κ1) is 9.28. The van der Waals surface area contributed by atoms with Crippen LogP contribution in [0.3, 0.4) is 0 Å². The number of rotatable bonds is 2. The van der Waals surface area contributed by atoms with Crippen molar-refractivity contribution in [1.82, 2.24) is 13.9 Å². The van der Waals surface area contributed by atoms with Gasteiger partial charge in [-0.15, -0.1) is 11.6 Å². The molecule has 6 heteroatoms. The molecule has 0 saturated heterocycles. The highest BCUT2D eigenvalue weighted by Crippen LogP contribution is 1.92. The average molecular weight is 206 g/mol. The van der Waals surface area contributed by atoms with E-state index in [1.54, 1.807) is 7.05 Å². The Morgan fingerprint density at radius 2 is 2.33 bits per heavy atom. The fourth-order valence-corrected chi connectivity index (χ4v) is 1.42. The third-order valence-corrected chi connectivity index (χ3v) is 2.27. The van der Waals surface area contributed by atoms with Gasteiger partial charge >= 0.3 is 5.69 Å². The van der Waals surface area contributed by atoms with Crippen molar-refractivity contribution in [2.45, 2.75) is 6.00 Å². The first-order valence-corrected chi connectivity index (χ1v) is 4.14. The van der Waals surface area contributed by atoms with Crippen molar-refractivity contribution < 1.29 is 0 Å². The van der Waals surface area contributed by atoms with Crippen molar-refractivity contribution in [1.29, 1.82) is 0 Å². The molecular weight excluding hydrogens is 198 g/mol. The lowest BCUT2D eigenvalue weighted by Crippen LogP contribution is -2.22. The van der Waals surface area contributed by atoms with E-state index in [9.17, 15) is 4.79 Å². The number of aromatic nitrogens is 3. The predicted molar refractivity (Wildman–Crippen MR) is 50.7 cm³/mol. The summed E-state index contributed by atoms with van der Waals surface area (Å²) in [4.78, 5) is 11.4. The molecule has 0 atom stereocenters. The fourth-order valence-electron chi connectivity index (χ4n) is 0.903. The van der Waals surface area contributed by atoms with E-state index in [4.69, 9.17) is 23.8 Å². The van der Waals surface area contributed by atoms with Gasteiger partial charge in [0, 0.05) is 13.2 Å². The topological polar surface area (TPSA) is 31.9 Å². The van der Waals surface area contributed by atoms with E-state index < -0.39 is 0 Å². The Balaban J connectivity index is 3.66. The van der Waals surface area contributed by atoms with Crippen LogP contribution in [0.15, 0.2) is 11.4 Å². The number of nitrogens with zero attached hydrogens (tertiary/aromatic N) is 3. The second-order valence-electron chi connectivity index (χ2n) is 2.16. The molecule has 0 aliphatic rings. The molecule has 66 valence electrons. The second kappa shape index (κ2) is 3.28. The predicted octanol–water partition coefficient (Wildman–Crippen LogP) is 1.01. The van der Waals surface area contributed by atoms with E-state index in [-0.39, 0.29) is 11.7 Å². The van der Waals surface area contributed by atoms with Gasteiger partial charge in [-0.3, -0.25) is 9.25 Å². The Morgan fingerprint density at radius 1 is 1.75 bits per heavy atom. The molecule has 0 radical (unpaired) electrons. The van der Waals surface area contributed by atoms with E-state index in [0.29, 0.717) is 4.77 Å². The summed E-state index contributed by atoms with van der Waals surface area (Å²) < 4.78 is 4.46. The van der Waals surface area contributed by atoms with Crippen LogP contribution in [0.5, 0.6) is 0 Å². The molecule has 0 amide bonds. The van der Waals surface area contributed by atoms with Crippen molar-refractivity contribution in [3.05, 3.63) is 21.8 Å². The molecule has 0 aliphatic carbocycles. The average Bonchev–Trinajstić information content (AvgIpc) is 2.25. The molecule has 0 spiro atoms. The van der Waals surface area contributed by atoms with Gasteiger partial charge in [0.2, 0.25) is 0 Å². The maximum atomic E-state index is 11.4. The van der Waals surface area contributed by atoms with Gasteiger partial charge in [-0.25, -0.2) is 9.48 Å². The van der Waals surface area contributed by atoms with Crippen molar-refractivity contribution in [3.63, 3.8) is 0 Å². The molecule has 1 aromatic heterocycles. The smallest absolute Gasteiger partial charge is 0.255 e. The Morgan fingerprint density at radius 3 is 2.58 bits per heavy atom. The maximum absolute atomic E-state index is 11.4. The lowest BCUT2D eigenvalue weighted by atomic mass is 10.9. The summed E-state index contributed by atoms with van der Waals surface area (Å²) in [6.07, 6.45) is 1.39. The fraction of sp³-hybridized carbons (Fsp3) is 0.333. The minimum atomic E-state index is -0.271. The van der Waals surface area contributed by atoms with Crippen LogP contribution in [0.25, 0.3) is 6.20 Å². The highest BCUT2D eigenvalue weighted by atomic mass is 35.5. The first-order chi connectivity index (χ1) is 5.63. The minimum Gasteiger partial charge on any atom is -0.255 e. The van der Waals surface area contributed by atoms with E-state index >= 15 is 0 Å². The molecule has 0 aromatic carbocycles. The first-order valence-electron chi connectivity index (χ1n) is 3.20. The molecular formula is C6H8ClN3OS. The second-order valence-corrected chi connectivity index (χ2v) is 2.77. The van der Waals surface area contributed by atoms with E-state index in [0.717, 1.165) is 0 Å². The molecule has 4 nitrogen and oxygen atoms in total. The van der Waals surface area contributed by atoms with Crippen LogP contribution in [0.4, 0.5) is 0 Å². The van der Waals surface area contributed by atoms with E-state index in [1.807, 2.05) is 0 Å². The summed E-state index contributed by atoms with van der Waals surface area (Å²) in [5.41, 5.74) is -0.271. The van der Waals surface area contributed by atoms with Gasteiger partial charge in [0.25, 0.3) is 0 Å². The molecule has 0 bridgehead atoms. The standard InChI is InChI=1S/C6H8ClN3OS/c1-3-10-5(11)9(4-7)6(12)8(10)2/h3H,1,4H2,2H3. The van der Waals surface area contributed by atoms with Gasteiger partial charge in [0.1, 0.15) is 6.00 Å². The van der Waals surface area contributed by atoms with E-state index in [2.05, 4.69) is 6.58 Å². The summed E-state index contributed by atoms with van der Waals surface area (Å²) in [7, 11) is 1.68. The molecule has 0 saturated carbocycles. The highest BCUT2D eigenvalue weighted by molar-refractivity contribution is 7.71. The minimum absolute atomic E-state index is 0.0619. The van der Waals surface area contributed by atoms with Crippen LogP contribution in [-0.2, 0) is 13.1 Å². The van der Waals surface area contributed by atoms with Crippen LogP contribution in [0.2, 0.25) is 0 Å². The third kappa shape index (κ3) is 1.15. The van der Waals surface area contributed by atoms with Crippen LogP contribution >= 0.6 is 23.8 Å². The Hall–Kier alpha value is -0.810. The molecule has 12 heavy (non-hydrogen) atoms. The molecule has 0 aliphatic heterocycles. The van der Waals surface area contributed by atoms with Gasteiger partial charge in [-0.2, -0.15) is 0 Å². The molecule has 1 rings (SSSR count). The van der Waals surface area contributed by atoms with Gasteiger partial charge in [-0.05, 0) is 12.2 Å². The van der Waals surface area contributed by atoms with Crippen LogP contribution in [0, 0.1) is 4.77 Å². The van der Waals surface area contributed by atoms with Crippen LogP contribution in [0.1, 0.15) is 0 Å². The maximum Gasteiger partial charge on any atom is 0.350 e.